The minimum absolute atomic E-state index is 0.0450. The molecule has 264 valence electrons. The van der Waals surface area contributed by atoms with Gasteiger partial charge >= 0.3 is 12.0 Å². The van der Waals surface area contributed by atoms with Gasteiger partial charge in [0.2, 0.25) is 23.6 Å². The van der Waals surface area contributed by atoms with Crippen LogP contribution in [0.1, 0.15) is 91.5 Å². The van der Waals surface area contributed by atoms with Gasteiger partial charge in [0.25, 0.3) is 0 Å². The van der Waals surface area contributed by atoms with Crippen LogP contribution in [0.5, 0.6) is 0 Å². The standard InChI is InChI=1S/C33H54N6O8/c1-7-10-24(37-32(46)30(21(5)8-2)39-27(41)11-9-12-29(43)44)31(45)38-25(17-20(3)4)26(40)18-28(42)35-19-22-13-15-23(16-14-22)36-33(47)34-6/h13-16,20-21,24-26,30,40H,7-12,17-19H2,1-6H3,(H,35,42)(H,37,46)(H,38,45)(H,39,41)(H,43,44)(H2,34,36,47)/t21-,24-,25-,26-,30-/m0/s1. The number of amides is 6. The molecule has 5 atom stereocenters. The highest BCUT2D eigenvalue weighted by Crippen LogP contribution is 2.14. The number of rotatable bonds is 21. The van der Waals surface area contributed by atoms with Gasteiger partial charge in [-0.3, -0.25) is 24.0 Å². The molecule has 0 aliphatic heterocycles. The van der Waals surface area contributed by atoms with Crippen molar-refractivity contribution in [1.29, 1.82) is 0 Å². The normalized spacial score (nSPS) is 14.1. The van der Waals surface area contributed by atoms with Gasteiger partial charge in [-0.05, 0) is 48.8 Å². The molecular formula is C33H54N6O8. The second-order valence-corrected chi connectivity index (χ2v) is 12.2. The third-order valence-electron chi connectivity index (χ3n) is 7.66. The fourth-order valence-electron chi connectivity index (χ4n) is 4.77. The SMILES string of the molecule is CCC[C@H](NC(=O)[C@@H](NC(=O)CCCC(=O)O)[C@@H](C)CC)C(=O)N[C@@H](CC(C)C)[C@@H](O)CC(=O)NCc1ccc(NC(=O)NC)cc1. The Balaban J connectivity index is 2.88. The van der Waals surface area contributed by atoms with E-state index in [-0.39, 0.29) is 50.1 Å². The van der Waals surface area contributed by atoms with Crippen molar-refractivity contribution in [2.24, 2.45) is 11.8 Å². The highest BCUT2D eigenvalue weighted by molar-refractivity contribution is 5.92. The summed E-state index contributed by atoms with van der Waals surface area (Å²) >= 11 is 0. The van der Waals surface area contributed by atoms with Crippen molar-refractivity contribution in [1.82, 2.24) is 26.6 Å². The second-order valence-electron chi connectivity index (χ2n) is 12.2. The lowest BCUT2D eigenvalue weighted by atomic mass is 9.95. The van der Waals surface area contributed by atoms with Crippen LogP contribution in [-0.2, 0) is 30.5 Å². The number of aliphatic hydroxyl groups excluding tert-OH is 1. The van der Waals surface area contributed by atoms with E-state index in [0.29, 0.717) is 31.4 Å². The first-order valence-corrected chi connectivity index (χ1v) is 16.3. The number of carboxylic acids is 1. The fourth-order valence-corrected chi connectivity index (χ4v) is 4.77. The summed E-state index contributed by atoms with van der Waals surface area (Å²) in [4.78, 5) is 74.2. The van der Waals surface area contributed by atoms with Crippen molar-refractivity contribution < 1.29 is 39.0 Å². The van der Waals surface area contributed by atoms with E-state index >= 15 is 0 Å². The van der Waals surface area contributed by atoms with E-state index in [9.17, 15) is 33.9 Å². The number of urea groups is 1. The average Bonchev–Trinajstić information content (AvgIpc) is 3.01. The molecule has 0 aliphatic carbocycles. The van der Waals surface area contributed by atoms with Crippen molar-refractivity contribution in [3.8, 4) is 0 Å². The molecule has 0 saturated heterocycles. The lowest BCUT2D eigenvalue weighted by Crippen LogP contribution is -2.57. The minimum Gasteiger partial charge on any atom is -0.481 e. The van der Waals surface area contributed by atoms with Crippen molar-refractivity contribution in [2.45, 2.75) is 117 Å². The summed E-state index contributed by atoms with van der Waals surface area (Å²) in [6, 6.07) is 3.93. The molecule has 0 fully saturated rings. The summed E-state index contributed by atoms with van der Waals surface area (Å²) in [5.41, 5.74) is 1.38. The van der Waals surface area contributed by atoms with Gasteiger partial charge in [-0.15, -0.1) is 0 Å². The molecule has 47 heavy (non-hydrogen) atoms. The van der Waals surface area contributed by atoms with Gasteiger partial charge in [0.1, 0.15) is 12.1 Å². The van der Waals surface area contributed by atoms with Gasteiger partial charge in [0.15, 0.2) is 0 Å². The maximum Gasteiger partial charge on any atom is 0.318 e. The van der Waals surface area contributed by atoms with Crippen LogP contribution in [0, 0.1) is 11.8 Å². The lowest BCUT2D eigenvalue weighted by molar-refractivity contribution is -0.137. The van der Waals surface area contributed by atoms with E-state index in [4.69, 9.17) is 5.11 Å². The molecule has 1 aromatic carbocycles. The van der Waals surface area contributed by atoms with Crippen LogP contribution in [0.4, 0.5) is 10.5 Å². The zero-order valence-electron chi connectivity index (χ0n) is 28.5. The van der Waals surface area contributed by atoms with E-state index in [1.54, 1.807) is 31.2 Å². The third kappa shape index (κ3) is 16.3. The van der Waals surface area contributed by atoms with E-state index in [1.165, 1.54) is 7.05 Å². The van der Waals surface area contributed by atoms with Crippen molar-refractivity contribution in [3.05, 3.63) is 29.8 Å². The number of carboxylic acid groups (broad SMARTS) is 1. The molecule has 1 aromatic rings. The maximum absolute atomic E-state index is 13.5. The number of aliphatic carboxylic acids is 1. The Bertz CT molecular complexity index is 1180. The van der Waals surface area contributed by atoms with Crippen molar-refractivity contribution in [2.75, 3.05) is 12.4 Å². The molecule has 14 nitrogen and oxygen atoms in total. The Morgan fingerprint density at radius 3 is 2.06 bits per heavy atom. The lowest BCUT2D eigenvalue weighted by Gasteiger charge is -2.29. The largest absolute Gasteiger partial charge is 0.481 e. The Labute approximate surface area is 277 Å². The van der Waals surface area contributed by atoms with Gasteiger partial charge < -0.3 is 42.1 Å². The topological polar surface area (TPSA) is 215 Å². The number of carbonyl (C=O) groups excluding carboxylic acids is 5. The molecule has 0 radical (unpaired) electrons. The quantitative estimate of drug-likeness (QED) is 0.0976. The summed E-state index contributed by atoms with van der Waals surface area (Å²) in [6.45, 7) is 9.58. The highest BCUT2D eigenvalue weighted by atomic mass is 16.4. The monoisotopic (exact) mass is 662 g/mol. The van der Waals surface area contributed by atoms with Crippen LogP contribution in [0.3, 0.4) is 0 Å². The molecule has 0 spiro atoms. The molecule has 0 bridgehead atoms. The molecule has 0 unspecified atom stereocenters. The molecule has 6 amide bonds. The van der Waals surface area contributed by atoms with Crippen LogP contribution >= 0.6 is 0 Å². The number of nitrogens with one attached hydrogen (secondary N) is 6. The van der Waals surface area contributed by atoms with Gasteiger partial charge in [-0.2, -0.15) is 0 Å². The second kappa shape index (κ2) is 21.6. The van der Waals surface area contributed by atoms with Crippen molar-refractivity contribution >= 4 is 41.3 Å². The summed E-state index contributed by atoms with van der Waals surface area (Å²) < 4.78 is 0. The number of carbonyl (C=O) groups is 6. The molecule has 14 heteroatoms. The maximum atomic E-state index is 13.5. The smallest absolute Gasteiger partial charge is 0.318 e. The summed E-state index contributed by atoms with van der Waals surface area (Å²) in [5, 5.41) is 36.0. The van der Waals surface area contributed by atoms with E-state index in [2.05, 4.69) is 31.9 Å². The molecule has 0 saturated carbocycles. The minimum atomic E-state index is -1.20. The van der Waals surface area contributed by atoms with Gasteiger partial charge in [-0.25, -0.2) is 4.79 Å². The van der Waals surface area contributed by atoms with Crippen LogP contribution in [-0.4, -0.2) is 77.1 Å². The molecular weight excluding hydrogens is 608 g/mol. The zero-order chi connectivity index (χ0) is 35.5. The number of benzene rings is 1. The Morgan fingerprint density at radius 2 is 1.51 bits per heavy atom. The Hall–Kier alpha value is -4.20. The molecule has 0 aliphatic rings. The zero-order valence-corrected chi connectivity index (χ0v) is 28.5. The van der Waals surface area contributed by atoms with E-state index < -0.39 is 53.8 Å². The molecule has 0 heterocycles. The number of aliphatic hydroxyl groups is 1. The van der Waals surface area contributed by atoms with E-state index in [1.807, 2.05) is 27.7 Å². The van der Waals surface area contributed by atoms with Crippen molar-refractivity contribution in [3.63, 3.8) is 0 Å². The average molecular weight is 663 g/mol. The van der Waals surface area contributed by atoms with Gasteiger partial charge in [0, 0.05) is 32.1 Å². The van der Waals surface area contributed by atoms with Crippen LogP contribution < -0.4 is 31.9 Å². The summed E-state index contributed by atoms with van der Waals surface area (Å²) in [5.74, 6) is -3.09. The summed E-state index contributed by atoms with van der Waals surface area (Å²) in [7, 11) is 1.51. The highest BCUT2D eigenvalue weighted by Gasteiger charge is 2.32. The predicted octanol–water partition coefficient (Wildman–Crippen LogP) is 2.41. The number of anilines is 1. The number of hydrogen-bond donors (Lipinski definition) is 8. The third-order valence-corrected chi connectivity index (χ3v) is 7.66. The molecule has 0 aromatic heterocycles. The van der Waals surface area contributed by atoms with Gasteiger partial charge in [-0.1, -0.05) is 59.6 Å². The van der Waals surface area contributed by atoms with Gasteiger partial charge in [0.05, 0.1) is 18.6 Å². The molecule has 8 N–H and O–H groups in total. The first-order valence-electron chi connectivity index (χ1n) is 16.3. The van der Waals surface area contributed by atoms with Crippen LogP contribution in [0.15, 0.2) is 24.3 Å². The fraction of sp³-hybridized carbons (Fsp3) is 0.636. The predicted molar refractivity (Wildman–Crippen MR) is 178 cm³/mol. The Kier molecular flexibility index (Phi) is 18.7. The van der Waals surface area contributed by atoms with Crippen LogP contribution in [0.2, 0.25) is 0 Å². The first kappa shape index (κ1) is 40.8. The van der Waals surface area contributed by atoms with Crippen LogP contribution in [0.25, 0.3) is 0 Å². The Morgan fingerprint density at radius 1 is 0.851 bits per heavy atom. The first-order chi connectivity index (χ1) is 22.2. The van der Waals surface area contributed by atoms with E-state index in [0.717, 1.165) is 5.56 Å². The number of hydrogen-bond acceptors (Lipinski definition) is 7. The summed E-state index contributed by atoms with van der Waals surface area (Å²) in [6.07, 6.45) is 0.300. The molecule has 1 rings (SSSR count).